The van der Waals surface area contributed by atoms with E-state index < -0.39 is 0 Å². The van der Waals surface area contributed by atoms with Crippen LogP contribution in [-0.2, 0) is 4.79 Å². The van der Waals surface area contributed by atoms with E-state index in [4.69, 9.17) is 0 Å². The van der Waals surface area contributed by atoms with Gasteiger partial charge in [0.25, 0.3) is 0 Å². The van der Waals surface area contributed by atoms with Crippen LogP contribution in [0.1, 0.15) is 39.0 Å². The van der Waals surface area contributed by atoms with Gasteiger partial charge in [-0.05, 0) is 25.7 Å². The Morgan fingerprint density at radius 3 is 2.50 bits per heavy atom. The van der Waals surface area contributed by atoms with Gasteiger partial charge in [0.1, 0.15) is 0 Å². The number of carbonyl (C=O) groups excluding carboxylic acids is 1. The molecule has 0 spiro atoms. The van der Waals surface area contributed by atoms with Gasteiger partial charge < -0.3 is 0 Å². The topological polar surface area (TPSA) is 23.6 Å². The molecule has 2 heterocycles. The minimum Gasteiger partial charge on any atom is -0.275 e. The highest BCUT2D eigenvalue weighted by molar-refractivity contribution is 5.78. The molecule has 2 aliphatic heterocycles. The number of hydrogen-bond acceptors (Lipinski definition) is 2. The summed E-state index contributed by atoms with van der Waals surface area (Å²) in [5, 5.41) is 4.27. The summed E-state index contributed by atoms with van der Waals surface area (Å²) in [7, 11) is 0. The summed E-state index contributed by atoms with van der Waals surface area (Å²) in [6, 6.07) is 0. The van der Waals surface area contributed by atoms with Gasteiger partial charge in [-0.3, -0.25) is 9.80 Å². The van der Waals surface area contributed by atoms with Crippen molar-refractivity contribution in [1.82, 2.24) is 10.0 Å². The van der Waals surface area contributed by atoms with E-state index in [9.17, 15) is 4.79 Å². The zero-order valence-electron chi connectivity index (χ0n) is 9.04. The van der Waals surface area contributed by atoms with Crippen LogP contribution in [0.3, 0.4) is 0 Å². The lowest BCUT2D eigenvalue weighted by atomic mass is 10.0. The Bertz CT molecular complexity index is 211. The van der Waals surface area contributed by atoms with Crippen molar-refractivity contribution in [3.63, 3.8) is 0 Å². The highest BCUT2D eigenvalue weighted by Gasteiger charge is 2.29. The Hall–Kier alpha value is -0.570. The molecule has 0 N–H and O–H groups in total. The van der Waals surface area contributed by atoms with Crippen LogP contribution in [0.2, 0.25) is 0 Å². The minimum absolute atomic E-state index is 0.241. The third-order valence-electron chi connectivity index (χ3n) is 3.36. The predicted octanol–water partition coefficient (Wildman–Crippen LogP) is 1.65. The minimum atomic E-state index is 0.241. The number of piperidine rings is 2. The van der Waals surface area contributed by atoms with Crippen molar-refractivity contribution in [2.45, 2.75) is 39.0 Å². The van der Waals surface area contributed by atoms with Gasteiger partial charge >= 0.3 is 0 Å². The molecule has 1 amide bonds. The molecule has 3 nitrogen and oxygen atoms in total. The van der Waals surface area contributed by atoms with Crippen LogP contribution in [-0.4, -0.2) is 35.6 Å². The van der Waals surface area contributed by atoms with Crippen molar-refractivity contribution < 1.29 is 4.79 Å². The standard InChI is InChI=1S/C11H20N2O/c1-10-6-5-9-13(11(10)14)12-7-3-2-4-8-12/h10H,2-9H2,1H3. The molecule has 0 bridgehead atoms. The fourth-order valence-electron chi connectivity index (χ4n) is 2.43. The van der Waals surface area contributed by atoms with Crippen LogP contribution in [0, 0.1) is 5.92 Å². The SMILES string of the molecule is CC1CCCN(N2CCCCC2)C1=O. The Kier molecular flexibility index (Phi) is 3.06. The molecule has 0 saturated carbocycles. The first-order chi connectivity index (χ1) is 6.79. The van der Waals surface area contributed by atoms with Crippen molar-refractivity contribution in [2.24, 2.45) is 5.92 Å². The summed E-state index contributed by atoms with van der Waals surface area (Å²) in [6.45, 7) is 5.17. The molecule has 0 aliphatic carbocycles. The number of carbonyl (C=O) groups is 1. The summed E-state index contributed by atoms with van der Waals surface area (Å²) in [5.41, 5.74) is 0. The number of amides is 1. The van der Waals surface area contributed by atoms with Crippen molar-refractivity contribution in [1.29, 1.82) is 0 Å². The molecule has 3 heteroatoms. The largest absolute Gasteiger partial charge is 0.275 e. The molecule has 2 aliphatic rings. The summed E-state index contributed by atoms with van der Waals surface area (Å²) < 4.78 is 0. The van der Waals surface area contributed by atoms with Crippen LogP contribution in [0.4, 0.5) is 0 Å². The molecule has 14 heavy (non-hydrogen) atoms. The van der Waals surface area contributed by atoms with Gasteiger partial charge in [0.2, 0.25) is 5.91 Å². The van der Waals surface area contributed by atoms with E-state index in [1.807, 2.05) is 5.01 Å². The average molecular weight is 196 g/mol. The van der Waals surface area contributed by atoms with Crippen molar-refractivity contribution in [2.75, 3.05) is 19.6 Å². The van der Waals surface area contributed by atoms with E-state index in [2.05, 4.69) is 11.9 Å². The van der Waals surface area contributed by atoms with Gasteiger partial charge in [-0.25, -0.2) is 5.01 Å². The van der Waals surface area contributed by atoms with Crippen LogP contribution in [0.25, 0.3) is 0 Å². The van der Waals surface area contributed by atoms with E-state index in [0.717, 1.165) is 26.1 Å². The van der Waals surface area contributed by atoms with Gasteiger partial charge in [0.15, 0.2) is 0 Å². The summed E-state index contributed by atoms with van der Waals surface area (Å²) in [6.07, 6.45) is 6.07. The van der Waals surface area contributed by atoms with Crippen LogP contribution < -0.4 is 0 Å². The quantitative estimate of drug-likeness (QED) is 0.636. The normalized spacial score (nSPS) is 30.8. The first-order valence-electron chi connectivity index (χ1n) is 5.85. The number of hydrazine groups is 1. The second kappa shape index (κ2) is 4.30. The molecule has 2 rings (SSSR count). The molecule has 0 aromatic heterocycles. The fraction of sp³-hybridized carbons (Fsp3) is 0.909. The van der Waals surface area contributed by atoms with E-state index in [1.54, 1.807) is 0 Å². The number of nitrogens with zero attached hydrogens (tertiary/aromatic N) is 2. The molecule has 0 radical (unpaired) electrons. The molecule has 80 valence electrons. The van der Waals surface area contributed by atoms with E-state index in [1.165, 1.54) is 25.7 Å². The lowest BCUT2D eigenvalue weighted by Gasteiger charge is -2.41. The van der Waals surface area contributed by atoms with Gasteiger partial charge in [0, 0.05) is 25.6 Å². The summed E-state index contributed by atoms with van der Waals surface area (Å²) in [4.78, 5) is 11.9. The zero-order valence-corrected chi connectivity index (χ0v) is 9.04. The lowest BCUT2D eigenvalue weighted by Crippen LogP contribution is -2.52. The van der Waals surface area contributed by atoms with Crippen LogP contribution in [0.15, 0.2) is 0 Å². The van der Waals surface area contributed by atoms with Gasteiger partial charge in [-0.1, -0.05) is 13.3 Å². The first kappa shape index (κ1) is 9.97. The third kappa shape index (κ3) is 1.92. The van der Waals surface area contributed by atoms with Crippen molar-refractivity contribution in [3.8, 4) is 0 Å². The molecule has 0 aromatic carbocycles. The van der Waals surface area contributed by atoms with Gasteiger partial charge in [-0.2, -0.15) is 0 Å². The summed E-state index contributed by atoms with van der Waals surface area (Å²) >= 11 is 0. The monoisotopic (exact) mass is 196 g/mol. The highest BCUT2D eigenvalue weighted by atomic mass is 16.2. The smallest absolute Gasteiger partial charge is 0.239 e. The van der Waals surface area contributed by atoms with E-state index >= 15 is 0 Å². The molecule has 1 unspecified atom stereocenters. The Balaban J connectivity index is 1.97. The Labute approximate surface area is 86.0 Å². The zero-order chi connectivity index (χ0) is 9.97. The molecule has 2 saturated heterocycles. The maximum absolute atomic E-state index is 11.9. The van der Waals surface area contributed by atoms with Crippen LogP contribution >= 0.6 is 0 Å². The Morgan fingerprint density at radius 1 is 1.07 bits per heavy atom. The van der Waals surface area contributed by atoms with Crippen molar-refractivity contribution in [3.05, 3.63) is 0 Å². The highest BCUT2D eigenvalue weighted by Crippen LogP contribution is 2.21. The number of hydrogen-bond donors (Lipinski definition) is 0. The second-order valence-corrected chi connectivity index (χ2v) is 4.52. The van der Waals surface area contributed by atoms with Gasteiger partial charge in [0.05, 0.1) is 0 Å². The lowest BCUT2D eigenvalue weighted by molar-refractivity contribution is -0.159. The van der Waals surface area contributed by atoms with Crippen molar-refractivity contribution >= 4 is 5.91 Å². The van der Waals surface area contributed by atoms with E-state index in [-0.39, 0.29) is 5.92 Å². The maximum Gasteiger partial charge on any atom is 0.239 e. The molecular weight excluding hydrogens is 176 g/mol. The summed E-state index contributed by atoms with van der Waals surface area (Å²) in [5.74, 6) is 0.587. The van der Waals surface area contributed by atoms with Crippen LogP contribution in [0.5, 0.6) is 0 Å². The fourth-order valence-corrected chi connectivity index (χ4v) is 2.43. The average Bonchev–Trinajstić information content (AvgIpc) is 2.23. The molecule has 1 atom stereocenters. The predicted molar refractivity (Wildman–Crippen MR) is 55.5 cm³/mol. The first-order valence-corrected chi connectivity index (χ1v) is 5.85. The Morgan fingerprint density at radius 2 is 1.79 bits per heavy atom. The van der Waals surface area contributed by atoms with E-state index in [0.29, 0.717) is 5.91 Å². The molecular formula is C11H20N2O. The second-order valence-electron chi connectivity index (χ2n) is 4.52. The van der Waals surface area contributed by atoms with Gasteiger partial charge in [-0.15, -0.1) is 0 Å². The molecule has 2 fully saturated rings. The third-order valence-corrected chi connectivity index (χ3v) is 3.36. The maximum atomic E-state index is 11.9. The molecule has 0 aromatic rings. The number of rotatable bonds is 1.